The van der Waals surface area contributed by atoms with E-state index >= 15 is 0 Å². The summed E-state index contributed by atoms with van der Waals surface area (Å²) in [6.07, 6.45) is 10.7. The van der Waals surface area contributed by atoms with E-state index in [-0.39, 0.29) is 21.7 Å². The van der Waals surface area contributed by atoms with Crippen molar-refractivity contribution < 1.29 is 9.30 Å². The van der Waals surface area contributed by atoms with Crippen molar-refractivity contribution in [3.05, 3.63) is 199 Å². The fourth-order valence-electron chi connectivity index (χ4n) is 11.9. The summed E-state index contributed by atoms with van der Waals surface area (Å²) < 4.78 is 13.6. The summed E-state index contributed by atoms with van der Waals surface area (Å²) in [7, 11) is 0. The number of hydrogen-bond acceptors (Lipinski definition) is 2. The highest BCUT2D eigenvalue weighted by Gasteiger charge is 2.48. The van der Waals surface area contributed by atoms with E-state index < -0.39 is 0 Å². The van der Waals surface area contributed by atoms with Crippen molar-refractivity contribution in [1.29, 1.82) is 0 Å². The summed E-state index contributed by atoms with van der Waals surface area (Å²) in [4.78, 5) is 4.91. The molecular formula is C64H60N4O. The molecule has 10 aromatic rings. The first kappa shape index (κ1) is 43.1. The van der Waals surface area contributed by atoms with Crippen LogP contribution in [0.3, 0.4) is 0 Å². The summed E-state index contributed by atoms with van der Waals surface area (Å²) >= 11 is 0. The van der Waals surface area contributed by atoms with Gasteiger partial charge in [0.25, 0.3) is 6.33 Å². The predicted octanol–water partition coefficient (Wildman–Crippen LogP) is 16.0. The molecule has 0 fully saturated rings. The number of nitrogens with zero attached hydrogens (tertiary/aromatic N) is 4. The van der Waals surface area contributed by atoms with Crippen molar-refractivity contribution in [2.24, 2.45) is 0 Å². The predicted molar refractivity (Wildman–Crippen MR) is 284 cm³/mol. The van der Waals surface area contributed by atoms with Gasteiger partial charge in [0.2, 0.25) is 0 Å². The second kappa shape index (κ2) is 15.6. The van der Waals surface area contributed by atoms with E-state index in [0.29, 0.717) is 0 Å². The van der Waals surface area contributed by atoms with Crippen molar-refractivity contribution in [3.8, 4) is 50.9 Å². The number of para-hydroxylation sites is 4. The molecule has 0 amide bonds. The molecule has 5 nitrogen and oxygen atoms in total. The lowest BCUT2D eigenvalue weighted by Crippen LogP contribution is -2.43. The van der Waals surface area contributed by atoms with Crippen LogP contribution in [0, 0.1) is 6.33 Å². The Balaban J connectivity index is 1.01. The second-order valence-electron chi connectivity index (χ2n) is 22.4. The molecule has 0 radical (unpaired) electrons. The maximum Gasteiger partial charge on any atom is 0.269 e. The number of rotatable bonds is 7. The maximum atomic E-state index is 6.83. The Kier molecular flexibility index (Phi) is 9.77. The van der Waals surface area contributed by atoms with Gasteiger partial charge in [0.1, 0.15) is 17.3 Å². The standard InChI is InChI=1S/C64H60N4O/c1-61(2,3)43-32-37-65-57(38-43)68-53-25-13-12-22-48(53)49-29-28-46(40-56(49)68)69-45-21-16-20-44(39-45)66-41-67(55-27-15-14-26-54(55)66)60-47(42-18-10-9-11-19-42)23-17-24-51(60)50-30-31-52-59-58(50)63(6,7)34-36-64(59,8)35-33-62(52,4)5/h9-32,37-40H,33-36H2,1-8H3. The van der Waals surface area contributed by atoms with Gasteiger partial charge < -0.3 is 4.74 Å². The molecular weight excluding hydrogens is 841 g/mol. The van der Waals surface area contributed by atoms with Gasteiger partial charge in [0.15, 0.2) is 0 Å². The van der Waals surface area contributed by atoms with Gasteiger partial charge in [-0.1, -0.05) is 165 Å². The minimum Gasteiger partial charge on any atom is -0.458 e. The Morgan fingerprint density at radius 3 is 2.07 bits per heavy atom. The first-order valence-corrected chi connectivity index (χ1v) is 24.8. The van der Waals surface area contributed by atoms with E-state index in [1.54, 1.807) is 5.56 Å². The van der Waals surface area contributed by atoms with Crippen LogP contribution in [0.1, 0.15) is 103 Å². The molecule has 0 aliphatic heterocycles. The molecule has 12 rings (SSSR count). The largest absolute Gasteiger partial charge is 0.458 e. The Morgan fingerprint density at radius 1 is 0.565 bits per heavy atom. The van der Waals surface area contributed by atoms with E-state index in [1.165, 1.54) is 63.6 Å². The van der Waals surface area contributed by atoms with E-state index in [0.717, 1.165) is 62.6 Å². The summed E-state index contributed by atoms with van der Waals surface area (Å²) in [6, 6.07) is 59.1. The van der Waals surface area contributed by atoms with Crippen molar-refractivity contribution >= 4 is 32.8 Å². The number of hydrogen-bond donors (Lipinski definition) is 0. The van der Waals surface area contributed by atoms with Crippen molar-refractivity contribution in [1.82, 2.24) is 14.1 Å². The number of pyridine rings is 1. The first-order chi connectivity index (χ1) is 33.2. The zero-order valence-electron chi connectivity index (χ0n) is 41.2. The molecule has 0 bridgehead atoms. The molecule has 342 valence electrons. The minimum absolute atomic E-state index is 0.00573. The van der Waals surface area contributed by atoms with Crippen molar-refractivity contribution in [2.45, 2.75) is 103 Å². The van der Waals surface area contributed by atoms with Crippen LogP contribution in [0.4, 0.5) is 0 Å². The maximum absolute atomic E-state index is 6.83. The highest BCUT2D eigenvalue weighted by molar-refractivity contribution is 6.09. The third-order valence-electron chi connectivity index (χ3n) is 15.8. The topological polar surface area (TPSA) is 35.9 Å². The smallest absolute Gasteiger partial charge is 0.269 e. The van der Waals surface area contributed by atoms with Crippen LogP contribution < -0.4 is 9.30 Å². The molecule has 1 unspecified atom stereocenters. The molecule has 1 atom stereocenters. The molecule has 3 heterocycles. The Bertz CT molecular complexity index is 3650. The van der Waals surface area contributed by atoms with Gasteiger partial charge in [-0.3, -0.25) is 13.7 Å². The van der Waals surface area contributed by atoms with Gasteiger partial charge in [0, 0.05) is 23.0 Å². The number of fused-ring (bicyclic) bond motifs is 4. The zero-order valence-corrected chi connectivity index (χ0v) is 41.2. The van der Waals surface area contributed by atoms with Crippen LogP contribution in [-0.4, -0.2) is 14.1 Å². The number of ether oxygens (including phenoxy) is 1. The van der Waals surface area contributed by atoms with Gasteiger partial charge in [0.05, 0.1) is 33.4 Å². The van der Waals surface area contributed by atoms with Crippen LogP contribution in [-0.2, 0) is 21.7 Å². The zero-order chi connectivity index (χ0) is 47.5. The first-order valence-electron chi connectivity index (χ1n) is 24.8. The highest BCUT2D eigenvalue weighted by atomic mass is 16.5. The fraction of sp³-hybridized carbons (Fsp3) is 0.250. The number of aromatic nitrogens is 4. The summed E-state index contributed by atoms with van der Waals surface area (Å²) in [5, 5.41) is 2.34. The number of imidazole rings is 1. The van der Waals surface area contributed by atoms with E-state index in [9.17, 15) is 0 Å². The highest BCUT2D eigenvalue weighted by Crippen LogP contribution is 2.58. The Morgan fingerprint density at radius 2 is 1.26 bits per heavy atom. The second-order valence-corrected chi connectivity index (χ2v) is 22.4. The summed E-state index contributed by atoms with van der Waals surface area (Å²) in [5.41, 5.74) is 17.5. The van der Waals surface area contributed by atoms with E-state index in [1.807, 2.05) is 12.3 Å². The van der Waals surface area contributed by atoms with Gasteiger partial charge in [-0.05, 0) is 140 Å². The third-order valence-corrected chi connectivity index (χ3v) is 15.8. The molecule has 3 aromatic heterocycles. The van der Waals surface area contributed by atoms with Crippen molar-refractivity contribution in [3.63, 3.8) is 0 Å². The fourth-order valence-corrected chi connectivity index (χ4v) is 11.9. The molecule has 0 saturated carbocycles. The number of benzene rings is 7. The van der Waals surface area contributed by atoms with E-state index in [2.05, 4.69) is 233 Å². The third kappa shape index (κ3) is 7.03. The lowest BCUT2D eigenvalue weighted by atomic mass is 9.52. The Labute approximate surface area is 406 Å². The van der Waals surface area contributed by atoms with Gasteiger partial charge in [-0.2, -0.15) is 0 Å². The van der Waals surface area contributed by atoms with E-state index in [4.69, 9.17) is 9.72 Å². The molecule has 0 spiro atoms. The lowest BCUT2D eigenvalue weighted by Gasteiger charge is -2.52. The lowest BCUT2D eigenvalue weighted by molar-refractivity contribution is -0.571. The average molecular weight is 901 g/mol. The average Bonchev–Trinajstić information content (AvgIpc) is 3.90. The molecule has 2 aliphatic rings. The molecule has 5 heteroatoms. The van der Waals surface area contributed by atoms with Crippen LogP contribution >= 0.6 is 0 Å². The van der Waals surface area contributed by atoms with Crippen LogP contribution in [0.15, 0.2) is 170 Å². The normalized spacial score (nSPS) is 17.3. The SMILES string of the molecule is CC(C)(C)c1ccnc(-n2c3ccccc3c3ccc(Oc4cccc(-n5[c-][n+](-c6c(-c7ccccc7)cccc6-c6ccc7c8c6C(C)(C)CCC8(C)CCC7(C)C)c6ccccc65)c4)cc32)c1. The summed E-state index contributed by atoms with van der Waals surface area (Å²) in [6.45, 7) is 19.1. The van der Waals surface area contributed by atoms with Crippen LogP contribution in [0.5, 0.6) is 11.5 Å². The molecule has 0 saturated heterocycles. The molecule has 69 heavy (non-hydrogen) atoms. The van der Waals surface area contributed by atoms with Crippen molar-refractivity contribution in [2.75, 3.05) is 0 Å². The quantitative estimate of drug-likeness (QED) is 0.118. The molecule has 0 N–H and O–H groups in total. The summed E-state index contributed by atoms with van der Waals surface area (Å²) in [5.74, 6) is 2.39. The molecule has 2 aliphatic carbocycles. The molecule has 7 aromatic carbocycles. The van der Waals surface area contributed by atoms with Gasteiger partial charge in [-0.25, -0.2) is 4.98 Å². The Hall–Kier alpha value is -7.24. The van der Waals surface area contributed by atoms with Gasteiger partial charge >= 0.3 is 0 Å². The van der Waals surface area contributed by atoms with Crippen LogP contribution in [0.2, 0.25) is 0 Å². The van der Waals surface area contributed by atoms with Gasteiger partial charge in [-0.15, -0.1) is 0 Å². The minimum atomic E-state index is -0.0143. The van der Waals surface area contributed by atoms with Crippen LogP contribution in [0.25, 0.3) is 72.3 Å². The monoisotopic (exact) mass is 900 g/mol.